The van der Waals surface area contributed by atoms with Crippen LogP contribution in [-0.2, 0) is 10.8 Å². The Morgan fingerprint density at radius 1 is 0.579 bits per heavy atom. The largest absolute Gasteiger partial charge is 0.310 e. The van der Waals surface area contributed by atoms with Gasteiger partial charge in [-0.05, 0) is 106 Å². The van der Waals surface area contributed by atoms with Crippen molar-refractivity contribution in [2.45, 2.75) is 50.4 Å². The summed E-state index contributed by atoms with van der Waals surface area (Å²) in [4.78, 5) is 2.40. The van der Waals surface area contributed by atoms with Crippen LogP contribution in [0, 0.1) is 5.41 Å². The van der Waals surface area contributed by atoms with Crippen molar-refractivity contribution >= 4 is 27.8 Å². The zero-order valence-electron chi connectivity index (χ0n) is 22.2. The average Bonchev–Trinajstić information content (AvgIpc) is 3.43. The zero-order chi connectivity index (χ0) is 25.5. The molecule has 0 saturated heterocycles. The van der Waals surface area contributed by atoms with E-state index >= 15 is 0 Å². The minimum absolute atomic E-state index is 0.321. The third kappa shape index (κ3) is 2.99. The van der Waals surface area contributed by atoms with E-state index in [2.05, 4.69) is 134 Å². The lowest BCUT2D eigenvalue weighted by Crippen LogP contribution is -2.29. The van der Waals surface area contributed by atoms with Gasteiger partial charge in [0.15, 0.2) is 0 Å². The minimum Gasteiger partial charge on any atom is -0.310 e. The summed E-state index contributed by atoms with van der Waals surface area (Å²) >= 11 is 0. The molecule has 3 atom stereocenters. The van der Waals surface area contributed by atoms with Crippen LogP contribution in [0.15, 0.2) is 115 Å². The van der Waals surface area contributed by atoms with Crippen LogP contribution in [0.1, 0.15) is 50.7 Å². The van der Waals surface area contributed by atoms with Gasteiger partial charge in [-0.15, -0.1) is 0 Å². The van der Waals surface area contributed by atoms with Gasteiger partial charge in [-0.3, -0.25) is 0 Å². The summed E-state index contributed by atoms with van der Waals surface area (Å²) in [7, 11) is 0. The number of nitrogens with zero attached hydrogens (tertiary/aromatic N) is 1. The first-order chi connectivity index (χ1) is 18.5. The van der Waals surface area contributed by atoms with Gasteiger partial charge in [-0.1, -0.05) is 92.7 Å². The van der Waals surface area contributed by atoms with Gasteiger partial charge < -0.3 is 4.90 Å². The van der Waals surface area contributed by atoms with Crippen molar-refractivity contribution < 1.29 is 0 Å². The van der Waals surface area contributed by atoms with E-state index in [4.69, 9.17) is 0 Å². The quantitative estimate of drug-likeness (QED) is 0.242. The van der Waals surface area contributed by atoms with Gasteiger partial charge in [-0.25, -0.2) is 0 Å². The second-order valence-corrected chi connectivity index (χ2v) is 12.5. The maximum atomic E-state index is 2.55. The minimum atomic E-state index is 0.321. The first kappa shape index (κ1) is 22.2. The lowest BCUT2D eigenvalue weighted by molar-refractivity contribution is 0.367. The number of hydrogen-bond donors (Lipinski definition) is 0. The first-order valence-electron chi connectivity index (χ1n) is 14.1. The summed E-state index contributed by atoms with van der Waals surface area (Å²) < 4.78 is 0. The Morgan fingerprint density at radius 2 is 1.26 bits per heavy atom. The van der Waals surface area contributed by atoms with Gasteiger partial charge in [0, 0.05) is 16.8 Å². The summed E-state index contributed by atoms with van der Waals surface area (Å²) in [6.45, 7) is 5.06. The number of anilines is 3. The van der Waals surface area contributed by atoms with Crippen molar-refractivity contribution in [3.8, 4) is 11.1 Å². The van der Waals surface area contributed by atoms with Gasteiger partial charge in [-0.2, -0.15) is 0 Å². The first-order valence-corrected chi connectivity index (χ1v) is 14.1. The number of benzene rings is 5. The second-order valence-electron chi connectivity index (χ2n) is 12.5. The highest BCUT2D eigenvalue weighted by molar-refractivity contribution is 6.02. The molecule has 5 aromatic carbocycles. The maximum absolute atomic E-state index is 2.55. The Hall–Kier alpha value is -3.84. The Kier molecular flexibility index (Phi) is 4.44. The molecule has 2 bridgehead atoms. The summed E-state index contributed by atoms with van der Waals surface area (Å²) in [6, 6.07) is 42.6. The van der Waals surface area contributed by atoms with E-state index in [1.54, 1.807) is 11.1 Å². The van der Waals surface area contributed by atoms with Crippen LogP contribution in [0.4, 0.5) is 17.1 Å². The highest BCUT2D eigenvalue weighted by atomic mass is 15.1. The van der Waals surface area contributed by atoms with Crippen molar-refractivity contribution in [2.75, 3.05) is 4.90 Å². The molecule has 0 amide bonds. The third-order valence-corrected chi connectivity index (χ3v) is 10.3. The van der Waals surface area contributed by atoms with E-state index in [0.29, 0.717) is 16.2 Å². The Labute approximate surface area is 225 Å². The lowest BCUT2D eigenvalue weighted by atomic mass is 9.68. The summed E-state index contributed by atoms with van der Waals surface area (Å²) in [5, 5.41) is 2.54. The molecule has 2 fully saturated rings. The van der Waals surface area contributed by atoms with Crippen molar-refractivity contribution in [2.24, 2.45) is 5.41 Å². The maximum Gasteiger partial charge on any atom is 0.0546 e. The Balaban J connectivity index is 1.34. The fourth-order valence-corrected chi connectivity index (χ4v) is 8.23. The highest BCUT2D eigenvalue weighted by Crippen LogP contribution is 2.79. The van der Waals surface area contributed by atoms with Gasteiger partial charge in [0.1, 0.15) is 0 Å². The molecule has 3 aliphatic rings. The smallest absolute Gasteiger partial charge is 0.0546 e. The monoisotopic (exact) mass is 491 g/mol. The molecule has 1 spiro atoms. The Bertz CT molecular complexity index is 1660. The summed E-state index contributed by atoms with van der Waals surface area (Å²) in [6.07, 6.45) is 5.47. The number of para-hydroxylation sites is 2. The molecule has 0 heterocycles. The fraction of sp³-hybridized carbons (Fsp3) is 0.243. The molecule has 0 aliphatic heterocycles. The van der Waals surface area contributed by atoms with E-state index in [0.717, 1.165) is 0 Å². The zero-order valence-corrected chi connectivity index (χ0v) is 22.2. The third-order valence-electron chi connectivity index (χ3n) is 10.3. The molecule has 186 valence electrons. The van der Waals surface area contributed by atoms with Gasteiger partial charge in [0.2, 0.25) is 0 Å². The van der Waals surface area contributed by atoms with E-state index in [9.17, 15) is 0 Å². The summed E-state index contributed by atoms with van der Waals surface area (Å²) in [5.74, 6) is 0. The molecule has 5 aromatic rings. The van der Waals surface area contributed by atoms with Crippen LogP contribution in [0.5, 0.6) is 0 Å². The number of rotatable bonds is 4. The van der Waals surface area contributed by atoms with E-state index in [1.165, 1.54) is 64.6 Å². The standard InChI is InChI=1S/C37H33N/c1-35-19-20-37(24-35)25-36(37,2)32-18-17-26(22-33(32)35)28-21-27-11-9-10-16-31(27)34(23-28)38(29-12-5-3-6-13-29)30-14-7-4-8-15-30/h3-18,21-23H,19-20,24-25H2,1-2H3. The van der Waals surface area contributed by atoms with Crippen molar-refractivity contribution in [1.29, 1.82) is 0 Å². The molecule has 2 saturated carbocycles. The highest BCUT2D eigenvalue weighted by Gasteiger charge is 2.72. The molecule has 0 aromatic heterocycles. The second kappa shape index (κ2) is 7.60. The van der Waals surface area contributed by atoms with Crippen LogP contribution >= 0.6 is 0 Å². The predicted octanol–water partition coefficient (Wildman–Crippen LogP) is 10.1. The van der Waals surface area contributed by atoms with Crippen LogP contribution in [-0.4, -0.2) is 0 Å². The molecule has 0 radical (unpaired) electrons. The van der Waals surface area contributed by atoms with Crippen molar-refractivity contribution in [3.05, 3.63) is 126 Å². The topological polar surface area (TPSA) is 3.24 Å². The molecule has 3 aliphatic carbocycles. The molecular formula is C37H33N. The lowest BCUT2D eigenvalue weighted by Gasteiger charge is -2.36. The molecule has 1 heteroatoms. The van der Waals surface area contributed by atoms with Gasteiger partial charge in [0.25, 0.3) is 0 Å². The number of hydrogen-bond acceptors (Lipinski definition) is 1. The van der Waals surface area contributed by atoms with Crippen LogP contribution in [0.25, 0.3) is 21.9 Å². The molecule has 8 rings (SSSR count). The normalized spacial score (nSPS) is 26.6. The van der Waals surface area contributed by atoms with Crippen LogP contribution in [0.3, 0.4) is 0 Å². The predicted molar refractivity (Wildman–Crippen MR) is 160 cm³/mol. The molecule has 1 nitrogen and oxygen atoms in total. The SMILES string of the molecule is CC12CCC3(C1)CC3(C)c1ccc(-c3cc(N(c4ccccc4)c4ccccc4)c4ccccc4c3)cc12. The van der Waals surface area contributed by atoms with Gasteiger partial charge in [0.05, 0.1) is 5.69 Å². The van der Waals surface area contributed by atoms with Crippen molar-refractivity contribution in [3.63, 3.8) is 0 Å². The van der Waals surface area contributed by atoms with Crippen molar-refractivity contribution in [1.82, 2.24) is 0 Å². The molecule has 3 unspecified atom stereocenters. The average molecular weight is 492 g/mol. The van der Waals surface area contributed by atoms with E-state index in [1.807, 2.05) is 0 Å². The van der Waals surface area contributed by atoms with Crippen LogP contribution < -0.4 is 4.90 Å². The summed E-state index contributed by atoms with van der Waals surface area (Å²) in [5.41, 5.74) is 10.7. The molecular weight excluding hydrogens is 458 g/mol. The van der Waals surface area contributed by atoms with Gasteiger partial charge >= 0.3 is 0 Å². The van der Waals surface area contributed by atoms with E-state index < -0.39 is 0 Å². The fourth-order valence-electron chi connectivity index (χ4n) is 8.23. The Morgan fingerprint density at radius 3 is 2.00 bits per heavy atom. The van der Waals surface area contributed by atoms with E-state index in [-0.39, 0.29) is 0 Å². The number of fused-ring (bicyclic) bond motifs is 5. The molecule has 38 heavy (non-hydrogen) atoms. The molecule has 0 N–H and O–H groups in total. The van der Waals surface area contributed by atoms with Crippen LogP contribution in [0.2, 0.25) is 0 Å².